The standard InChI is InChI=1S/C17H17ClN2O2S/c1-11-8-15(11)16-7-4-13(22-16)9-19-20-17(21)10-23-14-5-2-12(18)3-6-14/h2-7,9,11,15H,8,10H2,1H3,(H,20,21)/b19-9-/t11-,15+/m1/s1. The summed E-state index contributed by atoms with van der Waals surface area (Å²) in [6, 6.07) is 11.2. The van der Waals surface area contributed by atoms with Crippen LogP contribution in [0.4, 0.5) is 0 Å². The smallest absolute Gasteiger partial charge is 0.250 e. The first kappa shape index (κ1) is 16.1. The molecule has 4 nitrogen and oxygen atoms in total. The van der Waals surface area contributed by atoms with Crippen LogP contribution in [0.2, 0.25) is 5.02 Å². The van der Waals surface area contributed by atoms with Crippen LogP contribution >= 0.6 is 23.4 Å². The average molecular weight is 349 g/mol. The zero-order valence-electron chi connectivity index (χ0n) is 12.7. The molecule has 3 rings (SSSR count). The van der Waals surface area contributed by atoms with Gasteiger partial charge in [0.15, 0.2) is 0 Å². The first-order chi connectivity index (χ1) is 11.1. The van der Waals surface area contributed by atoms with Crippen LogP contribution in [0.15, 0.2) is 50.8 Å². The van der Waals surface area contributed by atoms with E-state index in [1.165, 1.54) is 24.4 Å². The van der Waals surface area contributed by atoms with Gasteiger partial charge in [0.2, 0.25) is 5.91 Å². The van der Waals surface area contributed by atoms with E-state index in [4.69, 9.17) is 16.0 Å². The molecule has 2 aromatic rings. The lowest BCUT2D eigenvalue weighted by atomic mass is 10.3. The molecule has 1 heterocycles. The van der Waals surface area contributed by atoms with Gasteiger partial charge in [-0.3, -0.25) is 4.79 Å². The number of thioether (sulfide) groups is 1. The highest BCUT2D eigenvalue weighted by atomic mass is 35.5. The number of nitrogens with zero attached hydrogens (tertiary/aromatic N) is 1. The molecular weight excluding hydrogens is 332 g/mol. The van der Waals surface area contributed by atoms with Crippen molar-refractivity contribution in [3.8, 4) is 0 Å². The Kier molecular flexibility index (Phi) is 5.08. The summed E-state index contributed by atoms with van der Waals surface area (Å²) < 4.78 is 5.68. The number of carbonyl (C=O) groups excluding carboxylic acids is 1. The van der Waals surface area contributed by atoms with Crippen LogP contribution in [0.5, 0.6) is 0 Å². The van der Waals surface area contributed by atoms with Crippen molar-refractivity contribution in [3.05, 3.63) is 52.9 Å². The van der Waals surface area contributed by atoms with E-state index < -0.39 is 0 Å². The second kappa shape index (κ2) is 7.23. The van der Waals surface area contributed by atoms with Crippen molar-refractivity contribution >= 4 is 35.5 Å². The van der Waals surface area contributed by atoms with Crippen molar-refractivity contribution in [1.29, 1.82) is 0 Å². The number of hydrogen-bond donors (Lipinski definition) is 1. The molecule has 1 amide bonds. The van der Waals surface area contributed by atoms with E-state index >= 15 is 0 Å². The van der Waals surface area contributed by atoms with Gasteiger partial charge in [-0.25, -0.2) is 5.43 Å². The Balaban J connectivity index is 1.43. The summed E-state index contributed by atoms with van der Waals surface area (Å²) in [6.07, 6.45) is 2.71. The number of nitrogens with one attached hydrogen (secondary N) is 1. The zero-order valence-corrected chi connectivity index (χ0v) is 14.2. The lowest BCUT2D eigenvalue weighted by molar-refractivity contribution is -0.118. The maximum Gasteiger partial charge on any atom is 0.250 e. The first-order valence-corrected chi connectivity index (χ1v) is 8.78. The highest BCUT2D eigenvalue weighted by molar-refractivity contribution is 8.00. The SMILES string of the molecule is C[C@@H]1C[C@@H]1c1ccc(/C=N\NC(=O)CSc2ccc(Cl)cc2)o1. The molecule has 1 aliphatic carbocycles. The Hall–Kier alpha value is -1.72. The second-order valence-electron chi connectivity index (χ2n) is 5.60. The number of hydrogen-bond acceptors (Lipinski definition) is 4. The molecule has 1 fully saturated rings. The molecule has 0 unspecified atom stereocenters. The van der Waals surface area contributed by atoms with Crippen LogP contribution in [-0.4, -0.2) is 17.9 Å². The summed E-state index contributed by atoms with van der Waals surface area (Å²) in [6.45, 7) is 2.21. The third kappa shape index (κ3) is 4.62. The summed E-state index contributed by atoms with van der Waals surface area (Å²) in [4.78, 5) is 12.7. The molecule has 0 saturated heterocycles. The van der Waals surface area contributed by atoms with E-state index in [0.717, 1.165) is 10.7 Å². The van der Waals surface area contributed by atoms with Crippen molar-refractivity contribution in [2.24, 2.45) is 11.0 Å². The number of rotatable bonds is 6. The van der Waals surface area contributed by atoms with E-state index in [-0.39, 0.29) is 5.91 Å². The third-order valence-electron chi connectivity index (χ3n) is 3.69. The number of carbonyl (C=O) groups is 1. The zero-order chi connectivity index (χ0) is 16.2. The van der Waals surface area contributed by atoms with Crippen molar-refractivity contribution < 1.29 is 9.21 Å². The summed E-state index contributed by atoms with van der Waals surface area (Å²) >= 11 is 7.25. The number of hydrazone groups is 1. The summed E-state index contributed by atoms with van der Waals surface area (Å²) in [5.41, 5.74) is 2.50. The topological polar surface area (TPSA) is 54.6 Å². The summed E-state index contributed by atoms with van der Waals surface area (Å²) in [7, 11) is 0. The number of benzene rings is 1. The number of furan rings is 1. The van der Waals surface area contributed by atoms with Crippen molar-refractivity contribution in [2.75, 3.05) is 5.75 Å². The number of halogens is 1. The highest BCUT2D eigenvalue weighted by Gasteiger charge is 2.36. The van der Waals surface area contributed by atoms with Crippen molar-refractivity contribution in [2.45, 2.75) is 24.2 Å². The largest absolute Gasteiger partial charge is 0.460 e. The Morgan fingerprint density at radius 2 is 2.13 bits per heavy atom. The minimum absolute atomic E-state index is 0.163. The van der Waals surface area contributed by atoms with Gasteiger partial charge in [-0.15, -0.1) is 11.8 Å². The maximum absolute atomic E-state index is 11.7. The van der Waals surface area contributed by atoms with Gasteiger partial charge in [0.05, 0.1) is 12.0 Å². The lowest BCUT2D eigenvalue weighted by Gasteiger charge is -2.00. The van der Waals surface area contributed by atoms with Gasteiger partial charge in [0.1, 0.15) is 11.5 Å². The van der Waals surface area contributed by atoms with Gasteiger partial charge in [-0.1, -0.05) is 18.5 Å². The second-order valence-corrected chi connectivity index (χ2v) is 7.08. The molecule has 0 radical (unpaired) electrons. The van der Waals surface area contributed by atoms with E-state index in [2.05, 4.69) is 17.5 Å². The van der Waals surface area contributed by atoms with E-state index in [9.17, 15) is 4.79 Å². The molecule has 0 bridgehead atoms. The molecule has 1 aromatic carbocycles. The Labute approximate surface area is 144 Å². The van der Waals surface area contributed by atoms with Gasteiger partial charge in [0.25, 0.3) is 0 Å². The van der Waals surface area contributed by atoms with Crippen molar-refractivity contribution in [3.63, 3.8) is 0 Å². The quantitative estimate of drug-likeness (QED) is 0.481. The molecule has 0 spiro atoms. The predicted molar refractivity (Wildman–Crippen MR) is 93.1 cm³/mol. The fraction of sp³-hybridized carbons (Fsp3) is 0.294. The minimum atomic E-state index is -0.163. The summed E-state index contributed by atoms with van der Waals surface area (Å²) in [5, 5.41) is 4.61. The van der Waals surface area contributed by atoms with E-state index in [1.807, 2.05) is 24.3 Å². The van der Waals surface area contributed by atoms with Gasteiger partial charge in [-0.2, -0.15) is 5.10 Å². The van der Waals surface area contributed by atoms with Gasteiger partial charge < -0.3 is 4.42 Å². The first-order valence-electron chi connectivity index (χ1n) is 7.42. The molecular formula is C17H17ClN2O2S. The van der Waals surface area contributed by atoms with Crippen LogP contribution in [0.25, 0.3) is 0 Å². The molecule has 1 N–H and O–H groups in total. The van der Waals surface area contributed by atoms with Crippen LogP contribution in [0.3, 0.4) is 0 Å². The maximum atomic E-state index is 11.7. The molecule has 1 aromatic heterocycles. The fourth-order valence-corrected chi connectivity index (χ4v) is 3.05. The molecule has 1 saturated carbocycles. The highest BCUT2D eigenvalue weighted by Crippen LogP contribution is 2.47. The fourth-order valence-electron chi connectivity index (χ4n) is 2.24. The van der Waals surface area contributed by atoms with Gasteiger partial charge >= 0.3 is 0 Å². The monoisotopic (exact) mass is 348 g/mol. The van der Waals surface area contributed by atoms with Crippen LogP contribution in [0, 0.1) is 5.92 Å². The molecule has 23 heavy (non-hydrogen) atoms. The number of amides is 1. The van der Waals surface area contributed by atoms with Gasteiger partial charge in [0, 0.05) is 15.8 Å². The molecule has 0 aliphatic heterocycles. The van der Waals surface area contributed by atoms with E-state index in [0.29, 0.717) is 28.4 Å². The van der Waals surface area contributed by atoms with E-state index in [1.54, 1.807) is 12.1 Å². The molecule has 1 aliphatic rings. The Bertz CT molecular complexity index is 712. The Morgan fingerprint density at radius 3 is 2.83 bits per heavy atom. The van der Waals surface area contributed by atoms with Crippen LogP contribution in [-0.2, 0) is 4.79 Å². The third-order valence-corrected chi connectivity index (χ3v) is 4.95. The molecule has 2 atom stereocenters. The average Bonchev–Trinajstić information content (AvgIpc) is 3.08. The minimum Gasteiger partial charge on any atom is -0.460 e. The lowest BCUT2D eigenvalue weighted by Crippen LogP contribution is -2.19. The van der Waals surface area contributed by atoms with Crippen molar-refractivity contribution in [1.82, 2.24) is 5.43 Å². The Morgan fingerprint density at radius 1 is 1.39 bits per heavy atom. The molecule has 6 heteroatoms. The normalized spacial score (nSPS) is 19.9. The van der Waals surface area contributed by atoms with Crippen LogP contribution in [0.1, 0.15) is 30.8 Å². The molecule has 120 valence electrons. The summed E-state index contributed by atoms with van der Waals surface area (Å²) in [5.74, 6) is 3.04. The predicted octanol–water partition coefficient (Wildman–Crippen LogP) is 4.30. The van der Waals surface area contributed by atoms with Crippen LogP contribution < -0.4 is 5.43 Å². The van der Waals surface area contributed by atoms with Gasteiger partial charge in [-0.05, 0) is 48.7 Å².